The minimum atomic E-state index is -0.746. The van der Waals surface area contributed by atoms with Crippen molar-refractivity contribution in [3.05, 3.63) is 47.2 Å². The molecule has 23 heavy (non-hydrogen) atoms. The number of halogens is 2. The maximum absolute atomic E-state index is 13.4. The molecule has 0 spiro atoms. The molecule has 0 radical (unpaired) electrons. The number of ether oxygens (including phenoxy) is 1. The second-order valence-electron chi connectivity index (χ2n) is 7.13. The lowest BCUT2D eigenvalue weighted by molar-refractivity contribution is 0.197. The third-order valence-corrected chi connectivity index (χ3v) is 5.81. The summed E-state index contributed by atoms with van der Waals surface area (Å²) < 4.78 is 31.6. The van der Waals surface area contributed by atoms with Crippen molar-refractivity contribution in [1.29, 1.82) is 0 Å². The van der Waals surface area contributed by atoms with Crippen molar-refractivity contribution < 1.29 is 13.5 Å². The maximum atomic E-state index is 13.4. The number of rotatable bonds is 3. The summed E-state index contributed by atoms with van der Waals surface area (Å²) in [5.41, 5.74) is 2.41. The van der Waals surface area contributed by atoms with Crippen molar-refractivity contribution in [2.24, 2.45) is 11.8 Å². The SMILES string of the molecule is COC=C1CCC(C2CCC(c3ccc(F)c(F)c3)CC2)CC1. The molecule has 2 fully saturated rings. The first-order valence-corrected chi connectivity index (χ1v) is 8.83. The highest BCUT2D eigenvalue weighted by atomic mass is 19.2. The van der Waals surface area contributed by atoms with Crippen LogP contribution < -0.4 is 0 Å². The number of hydrogen-bond acceptors (Lipinski definition) is 1. The van der Waals surface area contributed by atoms with Gasteiger partial charge in [-0.15, -0.1) is 0 Å². The van der Waals surface area contributed by atoms with Crippen LogP contribution in [-0.2, 0) is 4.74 Å². The zero-order chi connectivity index (χ0) is 16.2. The van der Waals surface area contributed by atoms with Gasteiger partial charge in [-0.05, 0) is 92.4 Å². The van der Waals surface area contributed by atoms with E-state index in [0.29, 0.717) is 5.92 Å². The van der Waals surface area contributed by atoms with E-state index < -0.39 is 11.6 Å². The molecule has 0 atom stereocenters. The molecule has 0 unspecified atom stereocenters. The normalized spacial score (nSPS) is 28.5. The lowest BCUT2D eigenvalue weighted by atomic mass is 9.69. The van der Waals surface area contributed by atoms with Crippen molar-refractivity contribution in [1.82, 2.24) is 0 Å². The summed E-state index contributed by atoms with van der Waals surface area (Å²) in [5, 5.41) is 0. The molecule has 3 heteroatoms. The van der Waals surface area contributed by atoms with Crippen LogP contribution in [0.25, 0.3) is 0 Å². The van der Waals surface area contributed by atoms with E-state index in [1.807, 2.05) is 6.26 Å². The highest BCUT2D eigenvalue weighted by Crippen LogP contribution is 2.43. The Morgan fingerprint density at radius 2 is 1.57 bits per heavy atom. The van der Waals surface area contributed by atoms with Gasteiger partial charge in [0.15, 0.2) is 11.6 Å². The van der Waals surface area contributed by atoms with Crippen LogP contribution in [0, 0.1) is 23.5 Å². The monoisotopic (exact) mass is 320 g/mol. The summed E-state index contributed by atoms with van der Waals surface area (Å²) in [4.78, 5) is 0. The molecule has 0 bridgehead atoms. The van der Waals surface area contributed by atoms with Crippen molar-refractivity contribution in [2.75, 3.05) is 7.11 Å². The standard InChI is InChI=1S/C20H26F2O/c1-23-13-14-2-4-15(5-3-14)16-6-8-17(9-7-16)18-10-11-19(21)20(22)12-18/h10-13,15-17H,2-9H2,1H3. The van der Waals surface area contributed by atoms with E-state index in [4.69, 9.17) is 4.74 Å². The van der Waals surface area contributed by atoms with E-state index in [0.717, 1.165) is 30.2 Å². The van der Waals surface area contributed by atoms with Crippen LogP contribution in [0.3, 0.4) is 0 Å². The van der Waals surface area contributed by atoms with Gasteiger partial charge in [0.05, 0.1) is 13.4 Å². The van der Waals surface area contributed by atoms with Crippen LogP contribution >= 0.6 is 0 Å². The predicted molar refractivity (Wildman–Crippen MR) is 88.1 cm³/mol. The number of methoxy groups -OCH3 is 1. The second kappa shape index (κ2) is 7.46. The molecular weight excluding hydrogens is 294 g/mol. The summed E-state index contributed by atoms with van der Waals surface area (Å²) in [5.74, 6) is 0.573. The quantitative estimate of drug-likeness (QED) is 0.624. The average Bonchev–Trinajstić information content (AvgIpc) is 2.59. The largest absolute Gasteiger partial charge is 0.504 e. The van der Waals surface area contributed by atoms with Gasteiger partial charge in [0.2, 0.25) is 0 Å². The van der Waals surface area contributed by atoms with Crippen LogP contribution in [0.4, 0.5) is 8.78 Å². The number of hydrogen-bond donors (Lipinski definition) is 0. The molecule has 2 aliphatic carbocycles. The Labute approximate surface area is 137 Å². The smallest absolute Gasteiger partial charge is 0.159 e. The molecule has 0 saturated heterocycles. The Kier molecular flexibility index (Phi) is 5.34. The average molecular weight is 320 g/mol. The Balaban J connectivity index is 1.52. The van der Waals surface area contributed by atoms with E-state index in [9.17, 15) is 8.78 Å². The fourth-order valence-corrected chi connectivity index (χ4v) is 4.46. The molecule has 0 aliphatic heterocycles. The van der Waals surface area contributed by atoms with E-state index in [1.54, 1.807) is 13.2 Å². The molecule has 0 aromatic heterocycles. The van der Waals surface area contributed by atoms with Gasteiger partial charge < -0.3 is 4.74 Å². The van der Waals surface area contributed by atoms with Gasteiger partial charge in [0, 0.05) is 0 Å². The summed E-state index contributed by atoms with van der Waals surface area (Å²) >= 11 is 0. The molecule has 1 aromatic rings. The number of benzene rings is 1. The van der Waals surface area contributed by atoms with E-state index >= 15 is 0 Å². The highest BCUT2D eigenvalue weighted by molar-refractivity contribution is 5.22. The van der Waals surface area contributed by atoms with Crippen LogP contribution in [0.5, 0.6) is 0 Å². The third-order valence-electron chi connectivity index (χ3n) is 5.81. The fourth-order valence-electron chi connectivity index (χ4n) is 4.46. The van der Waals surface area contributed by atoms with Gasteiger partial charge in [0.25, 0.3) is 0 Å². The lowest BCUT2D eigenvalue weighted by Crippen LogP contribution is -2.23. The summed E-state index contributed by atoms with van der Waals surface area (Å²) in [6.45, 7) is 0. The van der Waals surface area contributed by atoms with Crippen LogP contribution in [0.2, 0.25) is 0 Å². The first-order chi connectivity index (χ1) is 11.2. The van der Waals surface area contributed by atoms with Gasteiger partial charge in [-0.2, -0.15) is 0 Å². The predicted octanol–water partition coefficient (Wildman–Crippen LogP) is 5.96. The summed E-state index contributed by atoms with van der Waals surface area (Å²) in [6, 6.07) is 4.41. The first-order valence-electron chi connectivity index (χ1n) is 8.83. The molecule has 1 aromatic carbocycles. The van der Waals surface area contributed by atoms with Crippen LogP contribution in [0.1, 0.15) is 62.8 Å². The zero-order valence-corrected chi connectivity index (χ0v) is 13.9. The van der Waals surface area contributed by atoms with Crippen molar-refractivity contribution in [2.45, 2.75) is 57.3 Å². The van der Waals surface area contributed by atoms with Gasteiger partial charge in [-0.3, -0.25) is 0 Å². The zero-order valence-electron chi connectivity index (χ0n) is 13.9. The van der Waals surface area contributed by atoms with Crippen molar-refractivity contribution in [3.63, 3.8) is 0 Å². The molecule has 2 saturated carbocycles. The van der Waals surface area contributed by atoms with E-state index in [-0.39, 0.29) is 0 Å². The van der Waals surface area contributed by atoms with E-state index in [2.05, 4.69) is 0 Å². The second-order valence-corrected chi connectivity index (χ2v) is 7.13. The third kappa shape index (κ3) is 3.94. The maximum Gasteiger partial charge on any atom is 0.159 e. The first kappa shape index (κ1) is 16.5. The minimum Gasteiger partial charge on any atom is -0.504 e. The Morgan fingerprint density at radius 3 is 2.17 bits per heavy atom. The molecule has 0 heterocycles. The van der Waals surface area contributed by atoms with E-state index in [1.165, 1.54) is 56.2 Å². The number of allylic oxidation sites excluding steroid dienone is 1. The molecule has 0 N–H and O–H groups in total. The Morgan fingerprint density at radius 1 is 0.913 bits per heavy atom. The Hall–Kier alpha value is -1.38. The molecule has 1 nitrogen and oxygen atoms in total. The van der Waals surface area contributed by atoms with Crippen molar-refractivity contribution in [3.8, 4) is 0 Å². The van der Waals surface area contributed by atoms with Gasteiger partial charge >= 0.3 is 0 Å². The fraction of sp³-hybridized carbons (Fsp3) is 0.600. The topological polar surface area (TPSA) is 9.23 Å². The summed E-state index contributed by atoms with van der Waals surface area (Å²) in [7, 11) is 1.72. The Bertz CT molecular complexity index is 549. The van der Waals surface area contributed by atoms with Gasteiger partial charge in [-0.1, -0.05) is 6.07 Å². The lowest BCUT2D eigenvalue weighted by Gasteiger charge is -2.36. The van der Waals surface area contributed by atoms with Crippen LogP contribution in [-0.4, -0.2) is 7.11 Å². The molecule has 2 aliphatic rings. The van der Waals surface area contributed by atoms with Crippen molar-refractivity contribution >= 4 is 0 Å². The highest BCUT2D eigenvalue weighted by Gasteiger charge is 2.30. The molecular formula is C20H26F2O. The van der Waals surface area contributed by atoms with Gasteiger partial charge in [0.1, 0.15) is 0 Å². The van der Waals surface area contributed by atoms with Gasteiger partial charge in [-0.25, -0.2) is 8.78 Å². The minimum absolute atomic E-state index is 0.397. The molecule has 0 amide bonds. The molecule has 126 valence electrons. The summed E-state index contributed by atoms with van der Waals surface area (Å²) in [6.07, 6.45) is 11.4. The molecule has 3 rings (SSSR count). The van der Waals surface area contributed by atoms with Crippen LogP contribution in [0.15, 0.2) is 30.0 Å².